The van der Waals surface area contributed by atoms with Crippen LogP contribution in [0.5, 0.6) is 0 Å². The van der Waals surface area contributed by atoms with Crippen LogP contribution in [0.4, 0.5) is 6.01 Å². The average Bonchev–Trinajstić information content (AvgIpc) is 3.24. The average molecular weight is 340 g/mol. The molecule has 4 rings (SSSR count). The quantitative estimate of drug-likeness (QED) is 0.904. The zero-order valence-electron chi connectivity index (χ0n) is 14.6. The van der Waals surface area contributed by atoms with Crippen molar-refractivity contribution in [1.29, 1.82) is 0 Å². The van der Waals surface area contributed by atoms with Crippen LogP contribution in [-0.4, -0.2) is 40.1 Å². The van der Waals surface area contributed by atoms with E-state index in [2.05, 4.69) is 15.5 Å². The summed E-state index contributed by atoms with van der Waals surface area (Å²) in [6, 6.07) is 9.60. The van der Waals surface area contributed by atoms with Gasteiger partial charge in [0.05, 0.1) is 0 Å². The Hall–Kier alpha value is -2.37. The Balaban J connectivity index is 1.40. The highest BCUT2D eigenvalue weighted by atomic mass is 16.4. The number of anilines is 1. The van der Waals surface area contributed by atoms with Crippen molar-refractivity contribution in [3.05, 3.63) is 30.3 Å². The largest absolute Gasteiger partial charge is 0.403 e. The Labute approximate surface area is 147 Å². The Morgan fingerprint density at radius 1 is 1.20 bits per heavy atom. The number of carbonyl (C=O) groups excluding carboxylic acids is 1. The summed E-state index contributed by atoms with van der Waals surface area (Å²) in [6.07, 6.45) is 5.66. The van der Waals surface area contributed by atoms with Gasteiger partial charge in [-0.15, -0.1) is 5.10 Å². The summed E-state index contributed by atoms with van der Waals surface area (Å²) in [7, 11) is 0. The molecule has 1 saturated carbocycles. The van der Waals surface area contributed by atoms with E-state index in [9.17, 15) is 4.79 Å². The predicted molar refractivity (Wildman–Crippen MR) is 94.9 cm³/mol. The van der Waals surface area contributed by atoms with Gasteiger partial charge in [0.25, 0.3) is 0 Å². The van der Waals surface area contributed by atoms with Gasteiger partial charge in [-0.3, -0.25) is 4.79 Å². The van der Waals surface area contributed by atoms with Crippen molar-refractivity contribution in [3.8, 4) is 11.5 Å². The van der Waals surface area contributed by atoms with Gasteiger partial charge < -0.3 is 14.6 Å². The second kappa shape index (κ2) is 6.50. The summed E-state index contributed by atoms with van der Waals surface area (Å²) in [5.41, 5.74) is 1.44. The van der Waals surface area contributed by atoms with Crippen molar-refractivity contribution in [1.82, 2.24) is 15.1 Å². The van der Waals surface area contributed by atoms with Crippen molar-refractivity contribution in [2.45, 2.75) is 45.1 Å². The minimum atomic E-state index is -0.322. The van der Waals surface area contributed by atoms with Crippen LogP contribution < -0.4 is 5.32 Å². The van der Waals surface area contributed by atoms with E-state index in [-0.39, 0.29) is 11.9 Å². The lowest BCUT2D eigenvalue weighted by atomic mass is 9.93. The van der Waals surface area contributed by atoms with Crippen LogP contribution >= 0.6 is 0 Å². The van der Waals surface area contributed by atoms with E-state index in [0.29, 0.717) is 23.7 Å². The maximum Gasteiger partial charge on any atom is 0.316 e. The van der Waals surface area contributed by atoms with E-state index in [1.165, 1.54) is 12.8 Å². The second-order valence-corrected chi connectivity index (χ2v) is 7.21. The highest BCUT2D eigenvalue weighted by molar-refractivity contribution is 5.84. The third-order valence-electron chi connectivity index (χ3n) is 5.54. The van der Waals surface area contributed by atoms with Crippen molar-refractivity contribution < 1.29 is 9.21 Å². The van der Waals surface area contributed by atoms with Gasteiger partial charge in [0.2, 0.25) is 11.8 Å². The van der Waals surface area contributed by atoms with Crippen LogP contribution in [0.25, 0.3) is 11.5 Å². The highest BCUT2D eigenvalue weighted by Crippen LogP contribution is 2.53. The fourth-order valence-corrected chi connectivity index (χ4v) is 3.57. The summed E-state index contributed by atoms with van der Waals surface area (Å²) >= 11 is 0. The van der Waals surface area contributed by atoms with Crippen molar-refractivity contribution in [2.75, 3.05) is 18.4 Å². The number of carbonyl (C=O) groups is 1. The number of nitrogens with one attached hydrogen (secondary N) is 1. The number of hydrogen-bond donors (Lipinski definition) is 1. The van der Waals surface area contributed by atoms with Crippen LogP contribution in [0.15, 0.2) is 34.7 Å². The lowest BCUT2D eigenvalue weighted by Crippen LogP contribution is -2.46. The Morgan fingerprint density at radius 3 is 2.56 bits per heavy atom. The Kier molecular flexibility index (Phi) is 4.19. The van der Waals surface area contributed by atoms with Crippen LogP contribution in [-0.2, 0) is 4.79 Å². The first kappa shape index (κ1) is 16.1. The summed E-state index contributed by atoms with van der Waals surface area (Å²) in [6.45, 7) is 3.74. The minimum absolute atomic E-state index is 0.137. The SMILES string of the molecule is CC[C@@H](Nc1nnc(-c2ccccc2)o1)C(=O)N1CCC2(CC1)CC2. The zero-order valence-corrected chi connectivity index (χ0v) is 14.6. The molecule has 6 heteroatoms. The van der Waals surface area contributed by atoms with Gasteiger partial charge in [-0.25, -0.2) is 0 Å². The molecule has 1 spiro atoms. The van der Waals surface area contributed by atoms with Crippen molar-refractivity contribution in [3.63, 3.8) is 0 Å². The smallest absolute Gasteiger partial charge is 0.316 e. The van der Waals surface area contributed by atoms with Crippen LogP contribution in [0.1, 0.15) is 39.0 Å². The lowest BCUT2D eigenvalue weighted by molar-refractivity contribution is -0.133. The van der Waals surface area contributed by atoms with E-state index in [1.54, 1.807) is 0 Å². The van der Waals surface area contributed by atoms with E-state index in [1.807, 2.05) is 42.2 Å². The lowest BCUT2D eigenvalue weighted by Gasteiger charge is -2.34. The van der Waals surface area contributed by atoms with E-state index in [0.717, 1.165) is 31.5 Å². The maximum absolute atomic E-state index is 12.8. The van der Waals surface area contributed by atoms with Gasteiger partial charge in [-0.05, 0) is 49.7 Å². The number of piperidine rings is 1. The van der Waals surface area contributed by atoms with E-state index in [4.69, 9.17) is 4.42 Å². The van der Waals surface area contributed by atoms with E-state index < -0.39 is 0 Å². The molecular formula is C19H24N4O2. The molecule has 0 unspecified atom stereocenters. The van der Waals surface area contributed by atoms with Gasteiger partial charge in [0.15, 0.2) is 0 Å². The van der Waals surface area contributed by atoms with E-state index >= 15 is 0 Å². The molecule has 1 atom stereocenters. The van der Waals surface area contributed by atoms with Crippen LogP contribution in [0.3, 0.4) is 0 Å². The maximum atomic E-state index is 12.8. The molecule has 1 aromatic carbocycles. The first-order valence-electron chi connectivity index (χ1n) is 9.13. The molecule has 1 aromatic heterocycles. The summed E-state index contributed by atoms with van der Waals surface area (Å²) in [4.78, 5) is 14.8. The molecule has 1 aliphatic carbocycles. The molecule has 2 fully saturated rings. The standard InChI is InChI=1S/C19H24N4O2/c1-2-15(17(24)23-12-10-19(8-9-19)11-13-23)20-18-22-21-16(25-18)14-6-4-3-5-7-14/h3-7,15H,2,8-13H2,1H3,(H,20,22)/t15-/m1/s1. The summed E-state index contributed by atoms with van der Waals surface area (Å²) in [5, 5.41) is 11.2. The van der Waals surface area contributed by atoms with Gasteiger partial charge in [0.1, 0.15) is 6.04 Å². The molecule has 1 saturated heterocycles. The molecule has 1 N–H and O–H groups in total. The molecule has 1 amide bonds. The Morgan fingerprint density at radius 2 is 1.92 bits per heavy atom. The summed E-state index contributed by atoms with van der Waals surface area (Å²) in [5.74, 6) is 0.594. The van der Waals surface area contributed by atoms with Crippen LogP contribution in [0.2, 0.25) is 0 Å². The molecule has 6 nitrogen and oxygen atoms in total. The molecular weight excluding hydrogens is 316 g/mol. The molecule has 2 heterocycles. The monoisotopic (exact) mass is 340 g/mol. The van der Waals surface area contributed by atoms with Gasteiger partial charge >= 0.3 is 6.01 Å². The number of rotatable bonds is 5. The molecule has 25 heavy (non-hydrogen) atoms. The Bertz CT molecular complexity index is 729. The first-order valence-corrected chi connectivity index (χ1v) is 9.13. The third kappa shape index (κ3) is 3.38. The molecule has 0 radical (unpaired) electrons. The van der Waals surface area contributed by atoms with Crippen molar-refractivity contribution in [2.24, 2.45) is 5.41 Å². The highest BCUT2D eigenvalue weighted by Gasteiger charge is 2.45. The molecule has 132 valence electrons. The fourth-order valence-electron chi connectivity index (χ4n) is 3.57. The number of nitrogens with zero attached hydrogens (tertiary/aromatic N) is 3. The number of hydrogen-bond acceptors (Lipinski definition) is 5. The minimum Gasteiger partial charge on any atom is -0.403 e. The normalized spacial score (nSPS) is 19.6. The second-order valence-electron chi connectivity index (χ2n) is 7.21. The van der Waals surface area contributed by atoms with Crippen LogP contribution in [0, 0.1) is 5.41 Å². The first-order chi connectivity index (χ1) is 12.2. The number of benzene rings is 1. The van der Waals surface area contributed by atoms with Gasteiger partial charge in [-0.2, -0.15) is 0 Å². The number of amides is 1. The number of likely N-dealkylation sites (tertiary alicyclic amines) is 1. The summed E-state index contributed by atoms with van der Waals surface area (Å²) < 4.78 is 5.68. The predicted octanol–water partition coefficient (Wildman–Crippen LogP) is 3.33. The molecule has 0 bridgehead atoms. The fraction of sp³-hybridized carbons (Fsp3) is 0.526. The van der Waals surface area contributed by atoms with Gasteiger partial charge in [-0.1, -0.05) is 30.2 Å². The molecule has 1 aliphatic heterocycles. The molecule has 2 aliphatic rings. The topological polar surface area (TPSA) is 71.3 Å². The molecule has 2 aromatic rings. The van der Waals surface area contributed by atoms with Gasteiger partial charge in [0, 0.05) is 18.7 Å². The zero-order chi connectivity index (χ0) is 17.3. The van der Waals surface area contributed by atoms with Crippen molar-refractivity contribution >= 4 is 11.9 Å². The number of aromatic nitrogens is 2. The third-order valence-corrected chi connectivity index (χ3v) is 5.54.